The second-order valence-corrected chi connectivity index (χ2v) is 10.9. The van der Waals surface area contributed by atoms with Gasteiger partial charge in [-0.15, -0.1) is 0 Å². The van der Waals surface area contributed by atoms with Crippen molar-refractivity contribution in [1.82, 2.24) is 15.1 Å². The highest BCUT2D eigenvalue weighted by Crippen LogP contribution is 2.46. The van der Waals surface area contributed by atoms with Gasteiger partial charge in [0.2, 0.25) is 5.91 Å². The fraction of sp³-hybridized carbons (Fsp3) is 0.333. The fourth-order valence-corrected chi connectivity index (χ4v) is 5.38. The minimum absolute atomic E-state index is 0.0574. The lowest BCUT2D eigenvalue weighted by atomic mass is 9.93. The summed E-state index contributed by atoms with van der Waals surface area (Å²) in [6.45, 7) is 4.87. The molecule has 0 aliphatic carbocycles. The first-order valence-electron chi connectivity index (χ1n) is 13.2. The fourth-order valence-electron chi connectivity index (χ4n) is 5.13. The Hall–Kier alpha value is -3.30. The van der Waals surface area contributed by atoms with Crippen molar-refractivity contribution in [3.8, 4) is 11.5 Å². The standard InChI is InChI=1S/C30H32Cl2N4O4/c1-18(2)40-25-16-23(39-3)12-13-24(25)29-34-27(19-4-8-21(31)9-5-19)28(20-6-10-22(32)11-7-20)36(29)30(38)35-15-14-33-26(37)17-35/h4-13,16,18,27-28,30,38H,14-15,17H2,1-3H3,(H,33,37)/t27-,28-,30?/m0/s1. The molecule has 0 radical (unpaired) electrons. The van der Waals surface area contributed by atoms with E-state index in [4.69, 9.17) is 37.7 Å². The number of carbonyl (C=O) groups excluding carboxylic acids is 1. The molecule has 10 heteroatoms. The molecule has 1 fully saturated rings. The average Bonchev–Trinajstić information content (AvgIpc) is 3.33. The summed E-state index contributed by atoms with van der Waals surface area (Å²) in [6.07, 6.45) is -1.27. The molecular formula is C30H32Cl2N4O4. The number of methoxy groups -OCH3 is 1. The first kappa shape index (κ1) is 28.2. The average molecular weight is 584 g/mol. The number of amides is 1. The van der Waals surface area contributed by atoms with Gasteiger partial charge in [0.1, 0.15) is 23.4 Å². The molecule has 3 aromatic rings. The molecule has 2 N–H and O–H groups in total. The summed E-state index contributed by atoms with van der Waals surface area (Å²) in [7, 11) is 1.60. The molecule has 210 valence electrons. The van der Waals surface area contributed by atoms with Crippen LogP contribution in [0.1, 0.15) is 42.6 Å². The highest BCUT2D eigenvalue weighted by atomic mass is 35.5. The third kappa shape index (κ3) is 5.90. The van der Waals surface area contributed by atoms with Crippen molar-refractivity contribution >= 4 is 34.9 Å². The lowest BCUT2D eigenvalue weighted by molar-refractivity contribution is -0.138. The number of amidine groups is 1. The van der Waals surface area contributed by atoms with Gasteiger partial charge in [-0.25, -0.2) is 4.90 Å². The third-order valence-corrected chi connectivity index (χ3v) is 7.47. The maximum absolute atomic E-state index is 12.3. The number of aliphatic hydroxyl groups excluding tert-OH is 1. The van der Waals surface area contributed by atoms with E-state index in [2.05, 4.69) is 5.32 Å². The molecule has 3 aromatic carbocycles. The summed E-state index contributed by atoms with van der Waals surface area (Å²) in [5.41, 5.74) is 2.53. The molecule has 2 aliphatic heterocycles. The van der Waals surface area contributed by atoms with Gasteiger partial charge >= 0.3 is 0 Å². The summed E-state index contributed by atoms with van der Waals surface area (Å²) >= 11 is 12.5. The van der Waals surface area contributed by atoms with E-state index in [9.17, 15) is 9.90 Å². The third-order valence-electron chi connectivity index (χ3n) is 6.96. The van der Waals surface area contributed by atoms with E-state index in [0.29, 0.717) is 46.0 Å². The SMILES string of the molecule is COc1ccc(C2=N[C@@H](c3ccc(Cl)cc3)[C@H](c3ccc(Cl)cc3)N2C(O)N2CCNC(=O)C2)c(OC(C)C)c1. The lowest BCUT2D eigenvalue weighted by Gasteiger charge is -2.41. The van der Waals surface area contributed by atoms with Gasteiger partial charge in [-0.3, -0.25) is 9.79 Å². The zero-order valence-corrected chi connectivity index (χ0v) is 24.1. The Kier molecular flexibility index (Phi) is 8.51. The second-order valence-electron chi connectivity index (χ2n) is 10.0. The molecule has 1 amide bonds. The Balaban J connectivity index is 1.70. The highest BCUT2D eigenvalue weighted by molar-refractivity contribution is 6.30. The molecule has 1 saturated heterocycles. The van der Waals surface area contributed by atoms with Gasteiger partial charge in [-0.1, -0.05) is 47.5 Å². The number of benzene rings is 3. The number of nitrogens with one attached hydrogen (secondary N) is 1. The van der Waals surface area contributed by atoms with E-state index >= 15 is 0 Å². The van der Waals surface area contributed by atoms with Gasteiger partial charge in [0.05, 0.1) is 31.4 Å². The van der Waals surface area contributed by atoms with Gasteiger partial charge < -0.3 is 24.8 Å². The van der Waals surface area contributed by atoms with Gasteiger partial charge in [0.25, 0.3) is 0 Å². The largest absolute Gasteiger partial charge is 0.497 e. The summed E-state index contributed by atoms with van der Waals surface area (Å²) in [5.74, 6) is 1.61. The van der Waals surface area contributed by atoms with Crippen molar-refractivity contribution in [3.63, 3.8) is 0 Å². The molecule has 2 aliphatic rings. The second kappa shape index (κ2) is 12.1. The van der Waals surface area contributed by atoms with E-state index in [0.717, 1.165) is 11.1 Å². The number of aliphatic imine (C=N–C) groups is 1. The topological polar surface area (TPSA) is 86.6 Å². The molecule has 0 aromatic heterocycles. The number of hydrogen-bond acceptors (Lipinski definition) is 7. The van der Waals surface area contributed by atoms with Crippen molar-refractivity contribution in [3.05, 3.63) is 93.5 Å². The van der Waals surface area contributed by atoms with Crippen molar-refractivity contribution in [1.29, 1.82) is 0 Å². The van der Waals surface area contributed by atoms with Crippen LogP contribution < -0.4 is 14.8 Å². The van der Waals surface area contributed by atoms with Gasteiger partial charge in [0.15, 0.2) is 6.35 Å². The Morgan fingerprint density at radius 2 is 1.65 bits per heavy atom. The number of ether oxygens (including phenoxy) is 2. The van der Waals surface area contributed by atoms with Crippen molar-refractivity contribution in [2.24, 2.45) is 4.99 Å². The number of piperazine rings is 1. The monoisotopic (exact) mass is 582 g/mol. The molecule has 0 bridgehead atoms. The summed E-state index contributed by atoms with van der Waals surface area (Å²) in [5, 5.41) is 16.0. The van der Waals surface area contributed by atoms with Crippen LogP contribution in [0.3, 0.4) is 0 Å². The number of nitrogens with zero attached hydrogens (tertiary/aromatic N) is 3. The van der Waals surface area contributed by atoms with Crippen molar-refractivity contribution in [2.45, 2.75) is 38.4 Å². The molecule has 0 saturated carbocycles. The van der Waals surface area contributed by atoms with Crippen molar-refractivity contribution in [2.75, 3.05) is 26.7 Å². The quantitative estimate of drug-likeness (QED) is 0.387. The van der Waals surface area contributed by atoms with E-state index in [1.807, 2.05) is 85.5 Å². The van der Waals surface area contributed by atoms with Gasteiger partial charge in [0, 0.05) is 29.2 Å². The van der Waals surface area contributed by atoms with E-state index in [1.54, 1.807) is 12.0 Å². The van der Waals surface area contributed by atoms with Gasteiger partial charge in [-0.05, 0) is 61.4 Å². The van der Waals surface area contributed by atoms with E-state index < -0.39 is 18.4 Å². The first-order valence-corrected chi connectivity index (χ1v) is 13.9. The summed E-state index contributed by atoms with van der Waals surface area (Å²) in [6, 6.07) is 19.8. The molecule has 1 unspecified atom stereocenters. The number of aliphatic hydroxyl groups is 1. The first-order chi connectivity index (χ1) is 19.2. The van der Waals surface area contributed by atoms with E-state index in [1.165, 1.54) is 0 Å². The lowest BCUT2D eigenvalue weighted by Crippen LogP contribution is -2.58. The predicted molar refractivity (Wildman–Crippen MR) is 156 cm³/mol. The molecule has 5 rings (SSSR count). The van der Waals surface area contributed by atoms with Crippen LogP contribution in [-0.2, 0) is 4.79 Å². The van der Waals surface area contributed by atoms with Crippen LogP contribution in [0.2, 0.25) is 10.0 Å². The Labute approximate surface area is 244 Å². The Morgan fingerprint density at radius 1 is 1.00 bits per heavy atom. The number of halogens is 2. The van der Waals surface area contributed by atoms with Crippen LogP contribution >= 0.6 is 23.2 Å². The van der Waals surface area contributed by atoms with Crippen LogP contribution in [0, 0.1) is 0 Å². The smallest absolute Gasteiger partial charge is 0.234 e. The molecule has 3 atom stereocenters. The summed E-state index contributed by atoms with van der Waals surface area (Å²) in [4.78, 5) is 21.2. The highest BCUT2D eigenvalue weighted by Gasteiger charge is 2.45. The Bertz CT molecular complexity index is 1380. The van der Waals surface area contributed by atoms with Crippen LogP contribution in [0.4, 0.5) is 0 Å². The molecular weight excluding hydrogens is 551 g/mol. The maximum atomic E-state index is 12.3. The zero-order valence-electron chi connectivity index (χ0n) is 22.6. The molecule has 8 nitrogen and oxygen atoms in total. The molecule has 2 heterocycles. The van der Waals surface area contributed by atoms with Crippen LogP contribution in [0.25, 0.3) is 0 Å². The predicted octanol–water partition coefficient (Wildman–Crippen LogP) is 5.04. The normalized spacial score (nSPS) is 20.3. The maximum Gasteiger partial charge on any atom is 0.234 e. The molecule has 0 spiro atoms. The van der Waals surface area contributed by atoms with Crippen molar-refractivity contribution < 1.29 is 19.4 Å². The van der Waals surface area contributed by atoms with Gasteiger partial charge in [-0.2, -0.15) is 0 Å². The van der Waals surface area contributed by atoms with Crippen LogP contribution in [0.5, 0.6) is 11.5 Å². The minimum Gasteiger partial charge on any atom is -0.497 e. The van der Waals surface area contributed by atoms with Crippen LogP contribution in [-0.4, -0.2) is 65.8 Å². The number of rotatable bonds is 8. The number of carbonyl (C=O) groups is 1. The molecule has 40 heavy (non-hydrogen) atoms. The Morgan fingerprint density at radius 3 is 2.25 bits per heavy atom. The minimum atomic E-state index is -1.16. The summed E-state index contributed by atoms with van der Waals surface area (Å²) < 4.78 is 11.7. The number of hydrogen-bond donors (Lipinski definition) is 2. The zero-order chi connectivity index (χ0) is 28.4. The van der Waals surface area contributed by atoms with Crippen LogP contribution in [0.15, 0.2) is 71.7 Å². The van der Waals surface area contributed by atoms with E-state index in [-0.39, 0.29) is 18.6 Å².